The van der Waals surface area contributed by atoms with Gasteiger partial charge in [0.2, 0.25) is 0 Å². The molecule has 0 radical (unpaired) electrons. The molecule has 0 aliphatic rings. The Morgan fingerprint density at radius 1 is 1.53 bits per heavy atom. The number of aromatic nitrogens is 1. The SMILES string of the molecule is CC(C)(C)c1ccnc(CO[P+](=O)O)c1. The van der Waals surface area contributed by atoms with Crippen molar-refractivity contribution in [3.8, 4) is 0 Å². The highest BCUT2D eigenvalue weighted by atomic mass is 31.1. The third-order valence-electron chi connectivity index (χ3n) is 2.01. The summed E-state index contributed by atoms with van der Waals surface area (Å²) in [6, 6.07) is 3.82. The van der Waals surface area contributed by atoms with Crippen LogP contribution in [0.15, 0.2) is 18.3 Å². The van der Waals surface area contributed by atoms with Crippen LogP contribution in [0.2, 0.25) is 0 Å². The topological polar surface area (TPSA) is 59.4 Å². The maximum atomic E-state index is 10.4. The van der Waals surface area contributed by atoms with E-state index < -0.39 is 8.25 Å². The average molecular weight is 228 g/mol. The van der Waals surface area contributed by atoms with E-state index in [2.05, 4.69) is 30.3 Å². The molecule has 0 saturated carbocycles. The second-order valence-electron chi connectivity index (χ2n) is 4.30. The Kier molecular flexibility index (Phi) is 3.91. The summed E-state index contributed by atoms with van der Waals surface area (Å²) in [5.41, 5.74) is 1.84. The molecule has 15 heavy (non-hydrogen) atoms. The largest absolute Gasteiger partial charge is 0.695 e. The lowest BCUT2D eigenvalue weighted by molar-refractivity contribution is 0.268. The van der Waals surface area contributed by atoms with Gasteiger partial charge in [0.15, 0.2) is 0 Å². The third kappa shape index (κ3) is 4.04. The summed E-state index contributed by atoms with van der Waals surface area (Å²) < 4.78 is 15.0. The molecule has 0 bridgehead atoms. The van der Waals surface area contributed by atoms with E-state index in [1.165, 1.54) is 0 Å². The van der Waals surface area contributed by atoms with E-state index in [-0.39, 0.29) is 12.0 Å². The highest BCUT2D eigenvalue weighted by molar-refractivity contribution is 7.32. The molecule has 1 rings (SSSR count). The van der Waals surface area contributed by atoms with Crippen LogP contribution in [-0.4, -0.2) is 9.88 Å². The zero-order valence-electron chi connectivity index (χ0n) is 9.10. The van der Waals surface area contributed by atoms with Crippen molar-refractivity contribution in [1.82, 2.24) is 4.98 Å². The van der Waals surface area contributed by atoms with Gasteiger partial charge < -0.3 is 0 Å². The molecule has 0 aliphatic carbocycles. The van der Waals surface area contributed by atoms with E-state index >= 15 is 0 Å². The standard InChI is InChI=1S/C10H14NO3P/c1-10(2,3)8-4-5-11-9(6-8)7-14-15(12)13/h4-6H,7H2,1-3H3/p+1. The fraction of sp³-hybridized carbons (Fsp3) is 0.500. The van der Waals surface area contributed by atoms with Gasteiger partial charge in [-0.25, -0.2) is 0 Å². The zero-order chi connectivity index (χ0) is 11.5. The molecule has 0 spiro atoms. The quantitative estimate of drug-likeness (QED) is 0.807. The molecule has 1 N–H and O–H groups in total. The Balaban J connectivity index is 2.79. The first-order valence-electron chi connectivity index (χ1n) is 4.64. The smallest absolute Gasteiger partial charge is 0.259 e. The van der Waals surface area contributed by atoms with Crippen molar-refractivity contribution < 1.29 is 14.0 Å². The first-order valence-corrected chi connectivity index (χ1v) is 5.77. The van der Waals surface area contributed by atoms with E-state index in [1.807, 2.05) is 12.1 Å². The van der Waals surface area contributed by atoms with Gasteiger partial charge >= 0.3 is 8.25 Å². The van der Waals surface area contributed by atoms with Crippen LogP contribution in [0.5, 0.6) is 0 Å². The molecule has 0 aliphatic heterocycles. The Hall–Kier alpha value is -0.830. The van der Waals surface area contributed by atoms with Gasteiger partial charge in [0.1, 0.15) is 6.61 Å². The molecular formula is C10H15NO3P+. The summed E-state index contributed by atoms with van der Waals surface area (Å²) >= 11 is 0. The minimum absolute atomic E-state index is 0.0408. The van der Waals surface area contributed by atoms with Gasteiger partial charge in [-0.3, -0.25) is 4.98 Å². The second-order valence-corrected chi connectivity index (χ2v) is 5.03. The third-order valence-corrected chi connectivity index (χ3v) is 2.36. The summed E-state index contributed by atoms with van der Waals surface area (Å²) in [4.78, 5) is 12.6. The van der Waals surface area contributed by atoms with Gasteiger partial charge in [-0.15, -0.1) is 9.42 Å². The van der Waals surface area contributed by atoms with Gasteiger partial charge in [0, 0.05) is 10.8 Å². The molecular weight excluding hydrogens is 213 g/mol. The predicted octanol–water partition coefficient (Wildman–Crippen LogP) is 2.55. The number of hydrogen-bond acceptors (Lipinski definition) is 3. The summed E-state index contributed by atoms with van der Waals surface area (Å²) in [7, 11) is -2.55. The molecule has 0 fully saturated rings. The maximum absolute atomic E-state index is 10.4. The summed E-state index contributed by atoms with van der Waals surface area (Å²) in [6.07, 6.45) is 1.68. The zero-order valence-corrected chi connectivity index (χ0v) is 9.99. The van der Waals surface area contributed by atoms with Gasteiger partial charge in [0.25, 0.3) is 0 Å². The molecule has 0 amide bonds. The Morgan fingerprint density at radius 3 is 2.73 bits per heavy atom. The molecule has 1 heterocycles. The number of nitrogens with zero attached hydrogens (tertiary/aromatic N) is 1. The number of pyridine rings is 1. The van der Waals surface area contributed by atoms with Gasteiger partial charge in [-0.1, -0.05) is 20.8 Å². The molecule has 0 aromatic carbocycles. The molecule has 0 saturated heterocycles. The molecule has 1 atom stereocenters. The summed E-state index contributed by atoms with van der Waals surface area (Å²) in [5, 5.41) is 0. The Morgan fingerprint density at radius 2 is 2.20 bits per heavy atom. The lowest BCUT2D eigenvalue weighted by atomic mass is 9.87. The van der Waals surface area contributed by atoms with Crippen LogP contribution in [0.25, 0.3) is 0 Å². The molecule has 4 nitrogen and oxygen atoms in total. The van der Waals surface area contributed by atoms with Crippen LogP contribution >= 0.6 is 8.25 Å². The van der Waals surface area contributed by atoms with Crippen LogP contribution in [-0.2, 0) is 21.1 Å². The van der Waals surface area contributed by atoms with E-state index in [0.29, 0.717) is 5.69 Å². The van der Waals surface area contributed by atoms with Crippen LogP contribution < -0.4 is 0 Å². The van der Waals surface area contributed by atoms with Crippen LogP contribution in [0.3, 0.4) is 0 Å². The predicted molar refractivity (Wildman–Crippen MR) is 57.6 cm³/mol. The monoisotopic (exact) mass is 228 g/mol. The van der Waals surface area contributed by atoms with Crippen molar-refractivity contribution in [3.05, 3.63) is 29.6 Å². The lowest BCUT2D eigenvalue weighted by Crippen LogP contribution is -2.11. The first kappa shape index (κ1) is 12.2. The van der Waals surface area contributed by atoms with Gasteiger partial charge in [-0.05, 0) is 23.1 Å². The van der Waals surface area contributed by atoms with Crippen LogP contribution in [0.4, 0.5) is 0 Å². The minimum atomic E-state index is -2.55. The number of hydrogen-bond donors (Lipinski definition) is 1. The van der Waals surface area contributed by atoms with Crippen molar-refractivity contribution >= 4 is 8.25 Å². The van der Waals surface area contributed by atoms with Crippen LogP contribution in [0, 0.1) is 0 Å². The fourth-order valence-electron chi connectivity index (χ4n) is 1.14. The van der Waals surface area contributed by atoms with Crippen LogP contribution in [0.1, 0.15) is 32.0 Å². The normalized spacial score (nSPS) is 12.7. The molecule has 5 heteroatoms. The van der Waals surface area contributed by atoms with Crippen molar-refractivity contribution in [1.29, 1.82) is 0 Å². The van der Waals surface area contributed by atoms with Crippen molar-refractivity contribution in [3.63, 3.8) is 0 Å². The maximum Gasteiger partial charge on any atom is 0.695 e. The van der Waals surface area contributed by atoms with Crippen molar-refractivity contribution in [2.45, 2.75) is 32.8 Å². The summed E-state index contributed by atoms with van der Waals surface area (Å²) in [5.74, 6) is 0. The fourth-order valence-corrected chi connectivity index (χ4v) is 1.39. The molecule has 1 aromatic heterocycles. The van der Waals surface area contributed by atoms with Crippen molar-refractivity contribution in [2.75, 3.05) is 0 Å². The van der Waals surface area contributed by atoms with E-state index in [9.17, 15) is 4.57 Å². The molecule has 1 aromatic rings. The molecule has 1 unspecified atom stereocenters. The summed E-state index contributed by atoms with van der Waals surface area (Å²) in [6.45, 7) is 6.36. The highest BCUT2D eigenvalue weighted by Crippen LogP contribution is 2.23. The van der Waals surface area contributed by atoms with Gasteiger partial charge in [0.05, 0.1) is 5.69 Å². The molecule has 82 valence electrons. The lowest BCUT2D eigenvalue weighted by Gasteiger charge is -2.18. The van der Waals surface area contributed by atoms with E-state index in [0.717, 1.165) is 5.56 Å². The first-order chi connectivity index (χ1) is 6.89. The second kappa shape index (κ2) is 4.79. The highest BCUT2D eigenvalue weighted by Gasteiger charge is 2.16. The van der Waals surface area contributed by atoms with E-state index in [1.54, 1.807) is 6.20 Å². The minimum Gasteiger partial charge on any atom is -0.259 e. The number of rotatable bonds is 3. The van der Waals surface area contributed by atoms with Crippen molar-refractivity contribution in [2.24, 2.45) is 0 Å². The Labute approximate surface area is 90.3 Å². The Bertz CT molecular complexity index is 360. The average Bonchev–Trinajstić information content (AvgIpc) is 2.14. The van der Waals surface area contributed by atoms with Gasteiger partial charge in [-0.2, -0.15) is 0 Å². The van der Waals surface area contributed by atoms with E-state index in [4.69, 9.17) is 4.89 Å².